The molecule has 0 aliphatic heterocycles. The summed E-state index contributed by atoms with van der Waals surface area (Å²) in [6.45, 7) is 0. The van der Waals surface area contributed by atoms with Gasteiger partial charge in [0.2, 0.25) is 0 Å². The van der Waals surface area contributed by atoms with Crippen LogP contribution >= 0.6 is 0 Å². The molecule has 0 atom stereocenters. The van der Waals surface area contributed by atoms with E-state index < -0.39 is 0 Å². The topological polar surface area (TPSA) is 3.24 Å². The molecule has 0 aliphatic carbocycles. The third kappa shape index (κ3) is 6.65. The van der Waals surface area contributed by atoms with Crippen molar-refractivity contribution in [3.63, 3.8) is 0 Å². The zero-order valence-corrected chi connectivity index (χ0v) is 29.0. The van der Waals surface area contributed by atoms with Crippen LogP contribution in [0.2, 0.25) is 0 Å². The first-order chi connectivity index (χ1) is 27.9. The summed E-state index contributed by atoms with van der Waals surface area (Å²) >= 11 is 0. The quantitative estimate of drug-likeness (QED) is 0.154. The lowest BCUT2D eigenvalue weighted by Gasteiger charge is -2.26. The monoisotopic (exact) mass is 679 g/mol. The molecule has 53 heavy (non-hydrogen) atoms. The highest BCUT2D eigenvalue weighted by Crippen LogP contribution is 2.40. The molecular weight excluding hydrogens is 639 g/mol. The first kappa shape index (κ1) is 27.7. The SMILES string of the molecule is [2H]c1c([2H])c(N(c2ccc(-c3cccc(-c4ccccc4)c3)cc2)c2cccc(-c3cccc4ccccc34)c2)c([2H])c([2H])c1-c1ccc(-c2ccccc2)cc1. The van der Waals surface area contributed by atoms with Gasteiger partial charge in [-0.15, -0.1) is 0 Å². The van der Waals surface area contributed by atoms with Crippen LogP contribution in [0.25, 0.3) is 66.4 Å². The highest BCUT2D eigenvalue weighted by Gasteiger charge is 2.15. The second-order valence-electron chi connectivity index (χ2n) is 13.1. The maximum absolute atomic E-state index is 9.50. The zero-order chi connectivity index (χ0) is 38.9. The summed E-state index contributed by atoms with van der Waals surface area (Å²) in [5.74, 6) is 0. The Morgan fingerprint density at radius 2 is 0.755 bits per heavy atom. The van der Waals surface area contributed by atoms with Gasteiger partial charge in [0.25, 0.3) is 0 Å². The van der Waals surface area contributed by atoms with Crippen molar-refractivity contribution in [1.82, 2.24) is 0 Å². The fourth-order valence-corrected chi connectivity index (χ4v) is 7.03. The molecule has 0 fully saturated rings. The molecule has 1 nitrogen and oxygen atoms in total. The van der Waals surface area contributed by atoms with Gasteiger partial charge in [0, 0.05) is 17.1 Å². The van der Waals surface area contributed by atoms with Crippen molar-refractivity contribution >= 4 is 27.8 Å². The standard InChI is InChI=1S/C52H37N/c1-3-12-38(13-4-1)40-24-26-41(27-25-40)42-28-32-48(33-29-42)53(50-21-10-20-47(37-50)52-23-11-17-44-16-7-8-22-51(44)52)49-34-30-43(31-35-49)46-19-9-18-45(36-46)39-14-5-2-6-15-39/h1-37H/i28D,29D,32D,33D. The minimum Gasteiger partial charge on any atom is -0.310 e. The molecule has 9 aromatic rings. The first-order valence-corrected chi connectivity index (χ1v) is 17.8. The maximum Gasteiger partial charge on any atom is 0.0645 e. The van der Waals surface area contributed by atoms with Crippen LogP contribution in [-0.2, 0) is 0 Å². The predicted molar refractivity (Wildman–Crippen MR) is 226 cm³/mol. The number of anilines is 3. The molecule has 0 bridgehead atoms. The molecular formula is C52H37N. The van der Waals surface area contributed by atoms with Crippen LogP contribution < -0.4 is 4.90 Å². The van der Waals surface area contributed by atoms with Crippen molar-refractivity contribution in [3.05, 3.63) is 224 Å². The van der Waals surface area contributed by atoms with E-state index in [0.29, 0.717) is 11.3 Å². The van der Waals surface area contributed by atoms with E-state index in [4.69, 9.17) is 0 Å². The van der Waals surface area contributed by atoms with Gasteiger partial charge in [-0.2, -0.15) is 0 Å². The average molecular weight is 680 g/mol. The van der Waals surface area contributed by atoms with Gasteiger partial charge in [-0.25, -0.2) is 0 Å². The van der Waals surface area contributed by atoms with E-state index in [1.807, 2.05) is 114 Å². The summed E-state index contributed by atoms with van der Waals surface area (Å²) in [7, 11) is 0. The van der Waals surface area contributed by atoms with Gasteiger partial charge < -0.3 is 4.90 Å². The van der Waals surface area contributed by atoms with E-state index in [2.05, 4.69) is 91.0 Å². The smallest absolute Gasteiger partial charge is 0.0645 e. The van der Waals surface area contributed by atoms with Gasteiger partial charge in [-0.1, -0.05) is 182 Å². The van der Waals surface area contributed by atoms with Crippen molar-refractivity contribution in [3.8, 4) is 55.6 Å². The summed E-state index contributed by atoms with van der Waals surface area (Å²) in [6.07, 6.45) is 0. The van der Waals surface area contributed by atoms with Crippen LogP contribution in [0.5, 0.6) is 0 Å². The van der Waals surface area contributed by atoms with Crippen LogP contribution in [0.3, 0.4) is 0 Å². The molecule has 0 spiro atoms. The molecule has 0 amide bonds. The van der Waals surface area contributed by atoms with Crippen molar-refractivity contribution in [2.45, 2.75) is 0 Å². The molecule has 0 unspecified atom stereocenters. The lowest BCUT2D eigenvalue weighted by atomic mass is 9.97. The number of hydrogen-bond acceptors (Lipinski definition) is 1. The second kappa shape index (κ2) is 14.3. The normalized spacial score (nSPS) is 12.1. The fourth-order valence-electron chi connectivity index (χ4n) is 7.03. The van der Waals surface area contributed by atoms with Crippen LogP contribution in [0.4, 0.5) is 17.1 Å². The van der Waals surface area contributed by atoms with E-state index in [0.717, 1.165) is 61.0 Å². The molecule has 0 aliphatic rings. The molecule has 0 radical (unpaired) electrons. The lowest BCUT2D eigenvalue weighted by Crippen LogP contribution is -2.10. The van der Waals surface area contributed by atoms with Crippen molar-refractivity contribution in [2.75, 3.05) is 4.90 Å². The van der Waals surface area contributed by atoms with E-state index in [1.54, 1.807) is 0 Å². The maximum atomic E-state index is 9.50. The Bertz CT molecular complexity index is 2840. The number of rotatable bonds is 8. The number of benzene rings is 9. The van der Waals surface area contributed by atoms with E-state index >= 15 is 0 Å². The number of nitrogens with zero attached hydrogens (tertiary/aromatic N) is 1. The molecule has 0 aromatic heterocycles. The van der Waals surface area contributed by atoms with E-state index in [9.17, 15) is 5.48 Å². The van der Waals surface area contributed by atoms with Gasteiger partial charge in [0.1, 0.15) is 0 Å². The molecule has 250 valence electrons. The molecule has 0 saturated heterocycles. The van der Waals surface area contributed by atoms with Crippen LogP contribution in [0.1, 0.15) is 5.48 Å². The highest BCUT2D eigenvalue weighted by molar-refractivity contribution is 5.97. The van der Waals surface area contributed by atoms with Crippen molar-refractivity contribution < 1.29 is 5.48 Å². The molecule has 1 heteroatoms. The summed E-state index contributed by atoms with van der Waals surface area (Å²) in [4.78, 5) is 1.86. The molecule has 9 aromatic carbocycles. The summed E-state index contributed by atoms with van der Waals surface area (Å²) in [5.41, 5.74) is 11.0. The van der Waals surface area contributed by atoms with Gasteiger partial charge in [0.15, 0.2) is 0 Å². The molecule has 0 saturated carbocycles. The van der Waals surface area contributed by atoms with Crippen molar-refractivity contribution in [2.24, 2.45) is 0 Å². The van der Waals surface area contributed by atoms with Gasteiger partial charge in [-0.05, 0) is 109 Å². The number of hydrogen-bond donors (Lipinski definition) is 0. The van der Waals surface area contributed by atoms with Crippen LogP contribution in [0, 0.1) is 0 Å². The largest absolute Gasteiger partial charge is 0.310 e. The molecule has 9 rings (SSSR count). The second-order valence-corrected chi connectivity index (χ2v) is 13.1. The van der Waals surface area contributed by atoms with E-state index in [-0.39, 0.29) is 35.4 Å². The van der Waals surface area contributed by atoms with Gasteiger partial charge >= 0.3 is 0 Å². The Morgan fingerprint density at radius 3 is 1.45 bits per heavy atom. The minimum absolute atomic E-state index is 0.0944. The Hall–Kier alpha value is -6.96. The average Bonchev–Trinajstić information content (AvgIpc) is 3.28. The summed E-state index contributed by atoms with van der Waals surface area (Å²) in [6, 6.07) is 66.9. The lowest BCUT2D eigenvalue weighted by molar-refractivity contribution is 1.28. The third-order valence-corrected chi connectivity index (χ3v) is 9.75. The van der Waals surface area contributed by atoms with Gasteiger partial charge in [-0.3, -0.25) is 0 Å². The van der Waals surface area contributed by atoms with Crippen molar-refractivity contribution in [1.29, 1.82) is 0 Å². The Kier molecular flexibility index (Phi) is 7.50. The molecule has 0 N–H and O–H groups in total. The zero-order valence-electron chi connectivity index (χ0n) is 33.0. The Labute approximate surface area is 317 Å². The Morgan fingerprint density at radius 1 is 0.283 bits per heavy atom. The minimum atomic E-state index is -0.117. The third-order valence-electron chi connectivity index (χ3n) is 9.75. The van der Waals surface area contributed by atoms with E-state index in [1.165, 1.54) is 0 Å². The molecule has 0 heterocycles. The van der Waals surface area contributed by atoms with Crippen LogP contribution in [0.15, 0.2) is 224 Å². The predicted octanol–water partition coefficient (Wildman–Crippen LogP) is 14.6. The first-order valence-electron chi connectivity index (χ1n) is 19.8. The number of fused-ring (bicyclic) bond motifs is 1. The highest BCUT2D eigenvalue weighted by atomic mass is 15.1. The van der Waals surface area contributed by atoms with Crippen LogP contribution in [-0.4, -0.2) is 0 Å². The van der Waals surface area contributed by atoms with Gasteiger partial charge in [0.05, 0.1) is 5.48 Å². The fraction of sp³-hybridized carbons (Fsp3) is 0. The Balaban J connectivity index is 1.17. The summed E-state index contributed by atoms with van der Waals surface area (Å²) < 4.78 is 37.7. The summed E-state index contributed by atoms with van der Waals surface area (Å²) in [5, 5.41) is 2.26.